The molecule has 2 unspecified atom stereocenters. The van der Waals surface area contributed by atoms with Gasteiger partial charge in [-0.3, -0.25) is 4.68 Å². The predicted octanol–water partition coefficient (Wildman–Crippen LogP) is 1.89. The monoisotopic (exact) mass is 245 g/mol. The fourth-order valence-corrected chi connectivity index (χ4v) is 1.76. The highest BCUT2D eigenvalue weighted by molar-refractivity contribution is 5.13. The molecule has 0 fully saturated rings. The molecule has 0 saturated carbocycles. The summed E-state index contributed by atoms with van der Waals surface area (Å²) < 4.78 is 1.99. The van der Waals surface area contributed by atoms with Crippen LogP contribution >= 0.6 is 0 Å². The number of nitrogens with two attached hydrogens (primary N) is 1. The molecule has 0 radical (unpaired) electrons. The van der Waals surface area contributed by atoms with Gasteiger partial charge in [0, 0.05) is 42.7 Å². The number of rotatable bonds is 5. The molecule has 2 aromatic rings. The highest BCUT2D eigenvalue weighted by Gasteiger charge is 2.11. The van der Waals surface area contributed by atoms with E-state index in [9.17, 15) is 0 Å². The quantitative estimate of drug-likeness (QED) is 0.873. The second kappa shape index (κ2) is 5.73. The van der Waals surface area contributed by atoms with Gasteiger partial charge in [-0.1, -0.05) is 6.92 Å². The van der Waals surface area contributed by atoms with Gasteiger partial charge >= 0.3 is 0 Å². The average molecular weight is 245 g/mol. The average Bonchev–Trinajstić information content (AvgIpc) is 2.87. The summed E-state index contributed by atoms with van der Waals surface area (Å²) in [6.07, 6.45) is 8.80. The fraction of sp³-hybridized carbons (Fsp3) is 0.462. The molecule has 96 valence electrons. The maximum Gasteiger partial charge on any atom is 0.115 e. The van der Waals surface area contributed by atoms with Crippen molar-refractivity contribution in [3.63, 3.8) is 0 Å². The maximum absolute atomic E-state index is 6.12. The highest BCUT2D eigenvalue weighted by Crippen LogP contribution is 2.15. The molecule has 0 spiro atoms. The minimum Gasteiger partial charge on any atom is -0.324 e. The van der Waals surface area contributed by atoms with Crippen LogP contribution in [0.4, 0.5) is 0 Å². The molecule has 0 aliphatic rings. The first-order chi connectivity index (χ1) is 8.70. The second-order valence-corrected chi connectivity index (χ2v) is 4.53. The summed E-state index contributed by atoms with van der Waals surface area (Å²) in [5, 5.41) is 4.54. The van der Waals surface area contributed by atoms with Crippen molar-refractivity contribution in [3.8, 4) is 0 Å². The minimum atomic E-state index is -0.105. The summed E-state index contributed by atoms with van der Waals surface area (Å²) >= 11 is 0. The van der Waals surface area contributed by atoms with E-state index in [0.29, 0.717) is 12.5 Å². The Balaban J connectivity index is 2.03. The van der Waals surface area contributed by atoms with Crippen LogP contribution in [0, 0.1) is 0 Å². The number of nitrogens with zero attached hydrogens (tertiary/aromatic N) is 4. The smallest absolute Gasteiger partial charge is 0.115 e. The van der Waals surface area contributed by atoms with E-state index in [1.165, 1.54) is 6.33 Å². The van der Waals surface area contributed by atoms with Crippen LogP contribution in [0.1, 0.15) is 43.6 Å². The molecule has 0 saturated heterocycles. The number of hydrogen-bond acceptors (Lipinski definition) is 4. The van der Waals surface area contributed by atoms with Gasteiger partial charge in [-0.2, -0.15) is 5.10 Å². The van der Waals surface area contributed by atoms with Crippen LogP contribution in [0.3, 0.4) is 0 Å². The van der Waals surface area contributed by atoms with Crippen molar-refractivity contribution in [1.82, 2.24) is 19.7 Å². The molecule has 5 heteroatoms. The van der Waals surface area contributed by atoms with Crippen LogP contribution in [0.2, 0.25) is 0 Å². The Morgan fingerprint density at radius 1 is 1.33 bits per heavy atom. The van der Waals surface area contributed by atoms with E-state index in [2.05, 4.69) is 28.9 Å². The van der Waals surface area contributed by atoms with Crippen molar-refractivity contribution in [2.45, 2.75) is 38.8 Å². The van der Waals surface area contributed by atoms with Crippen molar-refractivity contribution in [3.05, 3.63) is 42.2 Å². The van der Waals surface area contributed by atoms with Gasteiger partial charge in [0.15, 0.2) is 0 Å². The molecule has 0 aliphatic heterocycles. The van der Waals surface area contributed by atoms with Crippen LogP contribution in [-0.2, 0) is 6.42 Å². The van der Waals surface area contributed by atoms with E-state index < -0.39 is 0 Å². The van der Waals surface area contributed by atoms with Crippen LogP contribution in [0.5, 0.6) is 0 Å². The first-order valence-corrected chi connectivity index (χ1v) is 6.25. The molecule has 0 amide bonds. The summed E-state index contributed by atoms with van der Waals surface area (Å²) in [5.74, 6) is 0. The number of hydrogen-bond donors (Lipinski definition) is 1. The molecule has 2 atom stereocenters. The molecule has 2 rings (SSSR count). The summed E-state index contributed by atoms with van der Waals surface area (Å²) in [6, 6.07) is 2.34. The Morgan fingerprint density at radius 2 is 2.06 bits per heavy atom. The van der Waals surface area contributed by atoms with Gasteiger partial charge < -0.3 is 5.73 Å². The van der Waals surface area contributed by atoms with Crippen molar-refractivity contribution < 1.29 is 0 Å². The third-order valence-corrected chi connectivity index (χ3v) is 3.14. The van der Waals surface area contributed by atoms with Crippen LogP contribution in [0.15, 0.2) is 31.0 Å². The predicted molar refractivity (Wildman–Crippen MR) is 69.9 cm³/mol. The van der Waals surface area contributed by atoms with E-state index in [4.69, 9.17) is 5.73 Å². The maximum atomic E-state index is 6.12. The summed E-state index contributed by atoms with van der Waals surface area (Å²) in [4.78, 5) is 7.95. The van der Waals surface area contributed by atoms with Gasteiger partial charge in [0.05, 0.1) is 5.69 Å². The lowest BCUT2D eigenvalue weighted by Crippen LogP contribution is -2.14. The largest absolute Gasteiger partial charge is 0.324 e. The normalized spacial score (nSPS) is 14.4. The van der Waals surface area contributed by atoms with E-state index in [-0.39, 0.29) is 6.04 Å². The first-order valence-electron chi connectivity index (χ1n) is 6.25. The van der Waals surface area contributed by atoms with E-state index in [1.807, 2.05) is 16.9 Å². The van der Waals surface area contributed by atoms with Crippen LogP contribution in [-0.4, -0.2) is 19.7 Å². The molecule has 18 heavy (non-hydrogen) atoms. The Labute approximate surface area is 107 Å². The van der Waals surface area contributed by atoms with E-state index in [0.717, 1.165) is 17.7 Å². The zero-order chi connectivity index (χ0) is 13.0. The van der Waals surface area contributed by atoms with Crippen LogP contribution < -0.4 is 5.73 Å². The van der Waals surface area contributed by atoms with Gasteiger partial charge in [-0.15, -0.1) is 0 Å². The van der Waals surface area contributed by atoms with Gasteiger partial charge in [-0.05, 0) is 19.4 Å². The van der Waals surface area contributed by atoms with Gasteiger partial charge in [-0.25, -0.2) is 9.97 Å². The van der Waals surface area contributed by atoms with Gasteiger partial charge in [0.2, 0.25) is 0 Å². The first kappa shape index (κ1) is 12.7. The molecular formula is C13H19N5. The lowest BCUT2D eigenvalue weighted by atomic mass is 10.1. The summed E-state index contributed by atoms with van der Waals surface area (Å²) in [5.41, 5.74) is 8.06. The summed E-state index contributed by atoms with van der Waals surface area (Å²) in [7, 11) is 0. The Bertz CT molecular complexity index is 479. The molecule has 0 bridgehead atoms. The lowest BCUT2D eigenvalue weighted by Gasteiger charge is -2.10. The van der Waals surface area contributed by atoms with Crippen molar-refractivity contribution in [2.75, 3.05) is 0 Å². The fourth-order valence-electron chi connectivity index (χ4n) is 1.76. The summed E-state index contributed by atoms with van der Waals surface area (Å²) in [6.45, 7) is 4.31. The van der Waals surface area contributed by atoms with Gasteiger partial charge in [0.25, 0.3) is 0 Å². The molecule has 2 N–H and O–H groups in total. The minimum absolute atomic E-state index is 0.105. The Kier molecular flexibility index (Phi) is 4.04. The topological polar surface area (TPSA) is 69.6 Å². The number of aromatic nitrogens is 4. The molecule has 0 aromatic carbocycles. The second-order valence-electron chi connectivity index (χ2n) is 4.53. The zero-order valence-corrected chi connectivity index (χ0v) is 10.8. The van der Waals surface area contributed by atoms with E-state index in [1.54, 1.807) is 12.4 Å². The third-order valence-electron chi connectivity index (χ3n) is 3.14. The standard InChI is InChI=1S/C13H19N5/c1-3-10(2)18-5-4-12(17-18)6-13(14)11-7-15-9-16-8-11/h4-5,7-10,13H,3,6,14H2,1-2H3. The van der Waals surface area contributed by atoms with E-state index >= 15 is 0 Å². The highest BCUT2D eigenvalue weighted by atomic mass is 15.3. The molecule has 0 aliphatic carbocycles. The SMILES string of the molecule is CCC(C)n1ccc(CC(N)c2cncnc2)n1. The van der Waals surface area contributed by atoms with Crippen molar-refractivity contribution >= 4 is 0 Å². The third kappa shape index (κ3) is 2.92. The molecule has 5 nitrogen and oxygen atoms in total. The van der Waals surface area contributed by atoms with Crippen molar-refractivity contribution in [2.24, 2.45) is 5.73 Å². The van der Waals surface area contributed by atoms with Crippen molar-refractivity contribution in [1.29, 1.82) is 0 Å². The van der Waals surface area contributed by atoms with Gasteiger partial charge in [0.1, 0.15) is 6.33 Å². The molecule has 2 aromatic heterocycles. The lowest BCUT2D eigenvalue weighted by molar-refractivity contribution is 0.472. The Hall–Kier alpha value is -1.75. The Morgan fingerprint density at radius 3 is 2.72 bits per heavy atom. The van der Waals surface area contributed by atoms with Crippen LogP contribution in [0.25, 0.3) is 0 Å². The zero-order valence-electron chi connectivity index (χ0n) is 10.8. The molecule has 2 heterocycles. The molecular weight excluding hydrogens is 226 g/mol.